The van der Waals surface area contributed by atoms with Crippen molar-refractivity contribution in [2.45, 2.75) is 32.6 Å². The zero-order valence-electron chi connectivity index (χ0n) is 13.6. The molecule has 1 fully saturated rings. The van der Waals surface area contributed by atoms with Crippen molar-refractivity contribution in [1.29, 1.82) is 0 Å². The highest BCUT2D eigenvalue weighted by Gasteiger charge is 2.15. The molecule has 130 valence electrons. The zero-order valence-corrected chi connectivity index (χ0v) is 14.4. The number of hydrogen-bond donors (Lipinski definition) is 1. The molecule has 0 aromatic heterocycles. The summed E-state index contributed by atoms with van der Waals surface area (Å²) in [6.07, 6.45) is 4.61. The molecule has 5 nitrogen and oxygen atoms in total. The number of carbonyl (C=O) groups is 1. The van der Waals surface area contributed by atoms with Gasteiger partial charge in [-0.1, -0.05) is 13.3 Å². The number of ether oxygens (including phenoxy) is 2. The summed E-state index contributed by atoms with van der Waals surface area (Å²) >= 11 is 0. The first-order valence-electron chi connectivity index (χ1n) is 8.06. The molecule has 1 aromatic rings. The average molecular weight is 344 g/mol. The predicted molar refractivity (Wildman–Crippen MR) is 91.7 cm³/mol. The number of nitrogens with zero attached hydrogens (tertiary/aromatic N) is 1. The third-order valence-electron chi connectivity index (χ3n) is 3.75. The standard InChI is InChI=1S/C17H25NO4.ClH/c1-2-11-21-14-6-7-15(16(19)13-14)17(20)22-12-10-18-8-4-3-5-9-18;/h6-7,13,19H,2-5,8-12H2,1H3;1H. The Morgan fingerprint density at radius 3 is 2.61 bits per heavy atom. The highest BCUT2D eigenvalue weighted by molar-refractivity contribution is 5.92. The number of piperidine rings is 1. The number of likely N-dealkylation sites (tertiary alicyclic amines) is 1. The van der Waals surface area contributed by atoms with Gasteiger partial charge in [-0.25, -0.2) is 4.79 Å². The SMILES string of the molecule is CCCOc1ccc(C(=O)OCCN2CCCCC2)c(O)c1.Cl. The second-order valence-corrected chi connectivity index (χ2v) is 5.57. The van der Waals surface area contributed by atoms with Gasteiger partial charge in [-0.3, -0.25) is 4.90 Å². The van der Waals surface area contributed by atoms with E-state index >= 15 is 0 Å². The molecule has 2 rings (SSSR count). The Labute approximate surface area is 144 Å². The number of aromatic hydroxyl groups is 1. The molecule has 0 radical (unpaired) electrons. The molecule has 1 aliphatic heterocycles. The molecule has 1 aliphatic rings. The summed E-state index contributed by atoms with van der Waals surface area (Å²) in [6, 6.07) is 4.68. The highest BCUT2D eigenvalue weighted by atomic mass is 35.5. The van der Waals surface area contributed by atoms with Gasteiger partial charge in [0, 0.05) is 12.6 Å². The quantitative estimate of drug-likeness (QED) is 0.770. The molecule has 0 spiro atoms. The second kappa shape index (κ2) is 10.3. The molecule has 0 saturated carbocycles. The maximum atomic E-state index is 12.0. The van der Waals surface area contributed by atoms with Crippen LogP contribution in [0.25, 0.3) is 0 Å². The Balaban J connectivity index is 0.00000264. The lowest BCUT2D eigenvalue weighted by Gasteiger charge is -2.25. The van der Waals surface area contributed by atoms with Crippen molar-refractivity contribution < 1.29 is 19.4 Å². The fourth-order valence-electron chi connectivity index (χ4n) is 2.52. The minimum atomic E-state index is -0.489. The van der Waals surface area contributed by atoms with Crippen LogP contribution in [0.4, 0.5) is 0 Å². The maximum absolute atomic E-state index is 12.0. The van der Waals surface area contributed by atoms with Gasteiger partial charge in [-0.15, -0.1) is 12.4 Å². The molecule has 0 atom stereocenters. The van der Waals surface area contributed by atoms with Gasteiger partial charge in [-0.05, 0) is 44.5 Å². The van der Waals surface area contributed by atoms with Crippen molar-refractivity contribution in [2.75, 3.05) is 32.8 Å². The topological polar surface area (TPSA) is 59.0 Å². The van der Waals surface area contributed by atoms with E-state index in [1.165, 1.54) is 25.3 Å². The van der Waals surface area contributed by atoms with Gasteiger partial charge in [0.05, 0.1) is 6.61 Å². The summed E-state index contributed by atoms with van der Waals surface area (Å²) in [6.45, 7) is 5.85. The van der Waals surface area contributed by atoms with Gasteiger partial charge >= 0.3 is 5.97 Å². The molecule has 6 heteroatoms. The van der Waals surface area contributed by atoms with Crippen LogP contribution in [0.3, 0.4) is 0 Å². The number of carbonyl (C=O) groups excluding carboxylic acids is 1. The Morgan fingerprint density at radius 2 is 1.96 bits per heavy atom. The number of phenolic OH excluding ortho intramolecular Hbond substituents is 1. The number of phenols is 1. The van der Waals surface area contributed by atoms with E-state index in [0.29, 0.717) is 19.0 Å². The van der Waals surface area contributed by atoms with Crippen LogP contribution in [0.5, 0.6) is 11.5 Å². The lowest BCUT2D eigenvalue weighted by molar-refractivity contribution is 0.0449. The molecule has 23 heavy (non-hydrogen) atoms. The van der Waals surface area contributed by atoms with Crippen molar-refractivity contribution in [3.8, 4) is 11.5 Å². The molecule has 0 amide bonds. The monoisotopic (exact) mass is 343 g/mol. The molecule has 0 aliphatic carbocycles. The van der Waals surface area contributed by atoms with Crippen molar-refractivity contribution in [3.05, 3.63) is 23.8 Å². The molecule has 0 bridgehead atoms. The summed E-state index contributed by atoms with van der Waals surface area (Å²) in [5.41, 5.74) is 0.183. The highest BCUT2D eigenvalue weighted by Crippen LogP contribution is 2.24. The minimum Gasteiger partial charge on any atom is -0.507 e. The van der Waals surface area contributed by atoms with Gasteiger partial charge in [-0.2, -0.15) is 0 Å². The summed E-state index contributed by atoms with van der Waals surface area (Å²) in [4.78, 5) is 14.3. The fraction of sp³-hybridized carbons (Fsp3) is 0.588. The molecule has 1 heterocycles. The first-order chi connectivity index (χ1) is 10.7. The second-order valence-electron chi connectivity index (χ2n) is 5.57. The van der Waals surface area contributed by atoms with E-state index in [4.69, 9.17) is 9.47 Å². The molecule has 1 aromatic carbocycles. The average Bonchev–Trinajstić information content (AvgIpc) is 2.54. The number of esters is 1. The zero-order chi connectivity index (χ0) is 15.8. The first-order valence-corrected chi connectivity index (χ1v) is 8.06. The van der Waals surface area contributed by atoms with Crippen LogP contribution >= 0.6 is 12.4 Å². The van der Waals surface area contributed by atoms with Crippen LogP contribution in [0.1, 0.15) is 43.0 Å². The Hall–Kier alpha value is -1.46. The van der Waals surface area contributed by atoms with E-state index in [2.05, 4.69) is 4.90 Å². The van der Waals surface area contributed by atoms with E-state index in [1.807, 2.05) is 6.92 Å². The molecule has 1 N–H and O–H groups in total. The van der Waals surface area contributed by atoms with Gasteiger partial charge < -0.3 is 14.6 Å². The largest absolute Gasteiger partial charge is 0.507 e. The van der Waals surface area contributed by atoms with Gasteiger partial charge in [0.1, 0.15) is 23.7 Å². The summed E-state index contributed by atoms with van der Waals surface area (Å²) in [5.74, 6) is -0.0302. The van der Waals surface area contributed by atoms with Crippen molar-refractivity contribution >= 4 is 18.4 Å². The first kappa shape index (κ1) is 19.6. The van der Waals surface area contributed by atoms with E-state index in [-0.39, 0.29) is 23.7 Å². The normalized spacial score (nSPS) is 14.8. The number of halogens is 1. The lowest BCUT2D eigenvalue weighted by atomic mass is 10.1. The van der Waals surface area contributed by atoms with Crippen molar-refractivity contribution in [2.24, 2.45) is 0 Å². The smallest absolute Gasteiger partial charge is 0.341 e. The van der Waals surface area contributed by atoms with Crippen LogP contribution in [0.15, 0.2) is 18.2 Å². The van der Waals surface area contributed by atoms with Crippen LogP contribution < -0.4 is 4.74 Å². The van der Waals surface area contributed by atoms with Crippen LogP contribution in [0.2, 0.25) is 0 Å². The molecular formula is C17H26ClNO4. The molecule has 1 saturated heterocycles. The molecule has 0 unspecified atom stereocenters. The number of hydrogen-bond acceptors (Lipinski definition) is 5. The van der Waals surface area contributed by atoms with Crippen LogP contribution in [-0.2, 0) is 4.74 Å². The van der Waals surface area contributed by atoms with Gasteiger partial charge in [0.15, 0.2) is 0 Å². The number of rotatable bonds is 7. The van der Waals surface area contributed by atoms with Crippen LogP contribution in [-0.4, -0.2) is 48.8 Å². The Morgan fingerprint density at radius 1 is 1.22 bits per heavy atom. The van der Waals surface area contributed by atoms with E-state index in [0.717, 1.165) is 26.1 Å². The van der Waals surface area contributed by atoms with Gasteiger partial charge in [0.25, 0.3) is 0 Å². The Kier molecular flexibility index (Phi) is 8.81. The third kappa shape index (κ3) is 6.28. The van der Waals surface area contributed by atoms with E-state index < -0.39 is 5.97 Å². The van der Waals surface area contributed by atoms with Crippen LogP contribution in [0, 0.1) is 0 Å². The third-order valence-corrected chi connectivity index (χ3v) is 3.75. The van der Waals surface area contributed by atoms with Crippen molar-refractivity contribution in [3.63, 3.8) is 0 Å². The van der Waals surface area contributed by atoms with E-state index in [9.17, 15) is 9.90 Å². The summed E-state index contributed by atoms with van der Waals surface area (Å²) < 4.78 is 10.7. The maximum Gasteiger partial charge on any atom is 0.341 e. The lowest BCUT2D eigenvalue weighted by Crippen LogP contribution is -2.33. The predicted octanol–water partition coefficient (Wildman–Crippen LogP) is 3.25. The summed E-state index contributed by atoms with van der Waals surface area (Å²) in [7, 11) is 0. The number of benzene rings is 1. The summed E-state index contributed by atoms with van der Waals surface area (Å²) in [5, 5.41) is 9.92. The van der Waals surface area contributed by atoms with Gasteiger partial charge in [0.2, 0.25) is 0 Å². The minimum absolute atomic E-state index is 0. The van der Waals surface area contributed by atoms with Crippen molar-refractivity contribution in [1.82, 2.24) is 4.90 Å². The Bertz CT molecular complexity index is 489. The fourth-order valence-corrected chi connectivity index (χ4v) is 2.52. The molecular weight excluding hydrogens is 318 g/mol. The van der Waals surface area contributed by atoms with E-state index in [1.54, 1.807) is 12.1 Å².